The van der Waals surface area contributed by atoms with Crippen molar-refractivity contribution in [1.82, 2.24) is 4.90 Å². The highest BCUT2D eigenvalue weighted by atomic mass is 16.5. The predicted molar refractivity (Wildman–Crippen MR) is 73.3 cm³/mol. The Labute approximate surface area is 109 Å². The summed E-state index contributed by atoms with van der Waals surface area (Å²) in [6.45, 7) is 5.51. The number of nitrogens with two attached hydrogens (primary N) is 1. The van der Waals surface area contributed by atoms with Crippen molar-refractivity contribution < 1.29 is 4.74 Å². The van der Waals surface area contributed by atoms with Crippen LogP contribution in [0.15, 0.2) is 24.3 Å². The van der Waals surface area contributed by atoms with E-state index >= 15 is 0 Å². The van der Waals surface area contributed by atoms with Gasteiger partial charge in [0.2, 0.25) is 0 Å². The molecule has 0 spiro atoms. The maximum absolute atomic E-state index is 8.55. The van der Waals surface area contributed by atoms with E-state index in [2.05, 4.69) is 17.9 Å². The number of nitrogens with zero attached hydrogens (tertiary/aromatic N) is 2. The SMILES string of the molecule is CCN(CCC#N)CCCOc1ccccc1N. The third-order valence-electron chi connectivity index (χ3n) is 2.78. The van der Waals surface area contributed by atoms with Crippen molar-refractivity contribution in [3.63, 3.8) is 0 Å². The molecule has 98 valence electrons. The first-order chi connectivity index (χ1) is 8.77. The smallest absolute Gasteiger partial charge is 0.142 e. The van der Waals surface area contributed by atoms with Crippen LogP contribution in [0.1, 0.15) is 19.8 Å². The van der Waals surface area contributed by atoms with Gasteiger partial charge in [-0.15, -0.1) is 0 Å². The van der Waals surface area contributed by atoms with Crippen molar-refractivity contribution in [3.05, 3.63) is 24.3 Å². The van der Waals surface area contributed by atoms with Crippen LogP contribution in [-0.4, -0.2) is 31.1 Å². The van der Waals surface area contributed by atoms with Gasteiger partial charge in [-0.2, -0.15) is 5.26 Å². The largest absolute Gasteiger partial charge is 0.491 e. The fraction of sp³-hybridized carbons (Fsp3) is 0.500. The summed E-state index contributed by atoms with van der Waals surface area (Å²) in [7, 11) is 0. The number of para-hydroxylation sites is 2. The van der Waals surface area contributed by atoms with Gasteiger partial charge in [-0.3, -0.25) is 0 Å². The third kappa shape index (κ3) is 5.07. The van der Waals surface area contributed by atoms with E-state index in [1.807, 2.05) is 24.3 Å². The van der Waals surface area contributed by atoms with Gasteiger partial charge in [0.15, 0.2) is 0 Å². The monoisotopic (exact) mass is 247 g/mol. The normalized spacial score (nSPS) is 10.3. The fourth-order valence-corrected chi connectivity index (χ4v) is 1.72. The molecule has 18 heavy (non-hydrogen) atoms. The molecule has 1 aromatic carbocycles. The Morgan fingerprint density at radius 3 is 2.78 bits per heavy atom. The zero-order valence-corrected chi connectivity index (χ0v) is 10.9. The summed E-state index contributed by atoms with van der Waals surface area (Å²) >= 11 is 0. The molecule has 4 nitrogen and oxygen atoms in total. The number of nitriles is 1. The van der Waals surface area contributed by atoms with Gasteiger partial charge in [0.25, 0.3) is 0 Å². The number of ether oxygens (including phenoxy) is 1. The summed E-state index contributed by atoms with van der Waals surface area (Å²) in [6.07, 6.45) is 1.52. The summed E-state index contributed by atoms with van der Waals surface area (Å²) in [5, 5.41) is 8.55. The van der Waals surface area contributed by atoms with Crippen molar-refractivity contribution in [3.8, 4) is 11.8 Å². The van der Waals surface area contributed by atoms with Gasteiger partial charge in [0.05, 0.1) is 18.4 Å². The van der Waals surface area contributed by atoms with Gasteiger partial charge in [-0.05, 0) is 25.1 Å². The van der Waals surface area contributed by atoms with E-state index in [0.717, 1.165) is 31.8 Å². The maximum Gasteiger partial charge on any atom is 0.142 e. The lowest BCUT2D eigenvalue weighted by Gasteiger charge is -2.18. The Kier molecular flexibility index (Phi) is 6.67. The van der Waals surface area contributed by atoms with Crippen LogP contribution in [0.5, 0.6) is 5.75 Å². The first-order valence-corrected chi connectivity index (χ1v) is 6.34. The zero-order valence-electron chi connectivity index (χ0n) is 10.9. The highest BCUT2D eigenvalue weighted by Gasteiger charge is 2.02. The van der Waals surface area contributed by atoms with Crippen LogP contribution in [0.2, 0.25) is 0 Å². The second-order valence-electron chi connectivity index (χ2n) is 4.08. The van der Waals surface area contributed by atoms with Crippen LogP contribution >= 0.6 is 0 Å². The maximum atomic E-state index is 8.55. The number of rotatable bonds is 8. The molecule has 0 aromatic heterocycles. The van der Waals surface area contributed by atoms with Gasteiger partial charge in [0.1, 0.15) is 5.75 Å². The van der Waals surface area contributed by atoms with Gasteiger partial charge < -0.3 is 15.4 Å². The fourth-order valence-electron chi connectivity index (χ4n) is 1.72. The second kappa shape index (κ2) is 8.37. The number of hydrogen-bond acceptors (Lipinski definition) is 4. The second-order valence-corrected chi connectivity index (χ2v) is 4.08. The van der Waals surface area contributed by atoms with Crippen molar-refractivity contribution in [2.45, 2.75) is 19.8 Å². The summed E-state index contributed by atoms with van der Waals surface area (Å²) < 4.78 is 5.62. The first kappa shape index (κ1) is 14.3. The lowest BCUT2D eigenvalue weighted by Crippen LogP contribution is -2.26. The Morgan fingerprint density at radius 2 is 2.11 bits per heavy atom. The minimum absolute atomic E-state index is 0.584. The van der Waals surface area contributed by atoms with Crippen LogP contribution in [0.4, 0.5) is 5.69 Å². The minimum atomic E-state index is 0.584. The van der Waals surface area contributed by atoms with Crippen molar-refractivity contribution >= 4 is 5.69 Å². The van der Waals surface area contributed by atoms with Crippen LogP contribution in [0, 0.1) is 11.3 Å². The Morgan fingerprint density at radius 1 is 1.33 bits per heavy atom. The average Bonchev–Trinajstić information content (AvgIpc) is 2.40. The van der Waals surface area contributed by atoms with E-state index in [4.69, 9.17) is 15.7 Å². The summed E-state index contributed by atoms with van der Waals surface area (Å²) in [5.41, 5.74) is 6.46. The molecule has 0 saturated heterocycles. The highest BCUT2D eigenvalue weighted by Crippen LogP contribution is 2.19. The van der Waals surface area contributed by atoms with Gasteiger partial charge in [-0.25, -0.2) is 0 Å². The Hall–Kier alpha value is -1.73. The molecule has 0 atom stereocenters. The molecule has 0 unspecified atom stereocenters. The van der Waals surface area contributed by atoms with Crippen molar-refractivity contribution in [2.75, 3.05) is 32.0 Å². The molecule has 0 aliphatic rings. The van der Waals surface area contributed by atoms with Crippen molar-refractivity contribution in [2.24, 2.45) is 0 Å². The predicted octanol–water partition coefficient (Wildman–Crippen LogP) is 2.27. The molecule has 0 heterocycles. The molecule has 0 saturated carbocycles. The summed E-state index contributed by atoms with van der Waals surface area (Å²) in [4.78, 5) is 2.25. The van der Waals surface area contributed by atoms with E-state index in [1.165, 1.54) is 0 Å². The van der Waals surface area contributed by atoms with E-state index in [0.29, 0.717) is 18.7 Å². The van der Waals surface area contributed by atoms with E-state index < -0.39 is 0 Å². The molecule has 1 rings (SSSR count). The molecular weight excluding hydrogens is 226 g/mol. The first-order valence-electron chi connectivity index (χ1n) is 6.34. The number of hydrogen-bond donors (Lipinski definition) is 1. The third-order valence-corrected chi connectivity index (χ3v) is 2.78. The van der Waals surface area contributed by atoms with Crippen LogP contribution < -0.4 is 10.5 Å². The number of anilines is 1. The molecule has 0 bridgehead atoms. The quantitative estimate of drug-likeness (QED) is 0.565. The molecule has 1 aromatic rings. The lowest BCUT2D eigenvalue weighted by atomic mass is 10.3. The van der Waals surface area contributed by atoms with Crippen LogP contribution in [0.25, 0.3) is 0 Å². The van der Waals surface area contributed by atoms with Crippen LogP contribution in [-0.2, 0) is 0 Å². The molecule has 4 heteroatoms. The number of benzene rings is 1. The number of nitrogen functional groups attached to an aromatic ring is 1. The molecule has 0 aliphatic heterocycles. The molecule has 2 N–H and O–H groups in total. The molecule has 0 radical (unpaired) electrons. The van der Waals surface area contributed by atoms with Gasteiger partial charge >= 0.3 is 0 Å². The minimum Gasteiger partial charge on any atom is -0.491 e. The topological polar surface area (TPSA) is 62.3 Å². The highest BCUT2D eigenvalue weighted by molar-refractivity contribution is 5.51. The van der Waals surface area contributed by atoms with Gasteiger partial charge in [-0.1, -0.05) is 19.1 Å². The van der Waals surface area contributed by atoms with E-state index in [1.54, 1.807) is 0 Å². The standard InChI is InChI=1S/C14H21N3O/c1-2-17(10-5-9-15)11-6-12-18-14-8-4-3-7-13(14)16/h3-4,7-8H,2,5-6,10-12,16H2,1H3. The summed E-state index contributed by atoms with van der Waals surface area (Å²) in [5.74, 6) is 0.748. The molecule has 0 aliphatic carbocycles. The van der Waals surface area contributed by atoms with E-state index in [9.17, 15) is 0 Å². The average molecular weight is 247 g/mol. The lowest BCUT2D eigenvalue weighted by molar-refractivity contribution is 0.245. The van der Waals surface area contributed by atoms with Gasteiger partial charge in [0, 0.05) is 19.5 Å². The Balaban J connectivity index is 2.22. The van der Waals surface area contributed by atoms with Crippen LogP contribution in [0.3, 0.4) is 0 Å². The molecule has 0 fully saturated rings. The molecule has 0 amide bonds. The zero-order chi connectivity index (χ0) is 13.2. The Bertz CT molecular complexity index is 387. The van der Waals surface area contributed by atoms with Crippen molar-refractivity contribution in [1.29, 1.82) is 5.26 Å². The van der Waals surface area contributed by atoms with E-state index in [-0.39, 0.29) is 0 Å². The summed E-state index contributed by atoms with van der Waals surface area (Å²) in [6, 6.07) is 9.68. The molecular formula is C14H21N3O.